The lowest BCUT2D eigenvalue weighted by atomic mass is 9.19. The summed E-state index contributed by atoms with van der Waals surface area (Å²) >= 11 is 0. The van der Waals surface area contributed by atoms with Crippen molar-refractivity contribution in [1.82, 2.24) is 0 Å². The van der Waals surface area contributed by atoms with Crippen molar-refractivity contribution in [2.45, 2.75) is 158 Å². The van der Waals surface area contributed by atoms with Gasteiger partial charge in [-0.1, -0.05) is 216 Å². The van der Waals surface area contributed by atoms with E-state index >= 15 is 0 Å². The number of rotatable bonds is 7. The van der Waals surface area contributed by atoms with E-state index in [1.54, 1.807) is 10.9 Å². The average molecular weight is 962 g/mol. The summed E-state index contributed by atoms with van der Waals surface area (Å²) in [6.45, 7) is 32.8. The van der Waals surface area contributed by atoms with Crippen LogP contribution in [0.4, 0.5) is 17.1 Å². The Kier molecular flexibility index (Phi) is 9.76. The van der Waals surface area contributed by atoms with Crippen LogP contribution in [-0.2, 0) is 0 Å². The van der Waals surface area contributed by atoms with Crippen LogP contribution in [0.2, 0.25) is 23.3 Å². The third-order valence-electron chi connectivity index (χ3n) is 27.1. The number of fused-ring (bicyclic) bond motifs is 14. The second kappa shape index (κ2) is 15.4. The van der Waals surface area contributed by atoms with E-state index in [9.17, 15) is 0 Å². The Hall–Kier alpha value is -3.97. The molecule has 0 N–H and O–H groups in total. The molecule has 12 aliphatic carbocycles. The summed E-state index contributed by atoms with van der Waals surface area (Å²) in [5.41, 5.74) is 12.1. The van der Waals surface area contributed by atoms with Gasteiger partial charge in [-0.05, 0) is 181 Å². The predicted octanol–water partition coefficient (Wildman–Crippen LogP) is 18.3. The van der Waals surface area contributed by atoms with Gasteiger partial charge in [-0.3, -0.25) is 0 Å². The Labute approximate surface area is 441 Å². The van der Waals surface area contributed by atoms with Crippen LogP contribution in [0.15, 0.2) is 103 Å². The van der Waals surface area contributed by atoms with Crippen LogP contribution in [-0.4, -0.2) is 13.4 Å². The molecule has 1 nitrogen and oxygen atoms in total. The van der Waals surface area contributed by atoms with Gasteiger partial charge in [-0.2, -0.15) is 0 Å². The first-order chi connectivity index (χ1) is 34.9. The number of para-hydroxylation sites is 1. The highest BCUT2D eigenvalue weighted by molar-refractivity contribution is 6.79. The Morgan fingerprint density at radius 1 is 0.384 bits per heavy atom. The maximum absolute atomic E-state index is 2.81. The van der Waals surface area contributed by atoms with Gasteiger partial charge in [-0.25, -0.2) is 0 Å². The van der Waals surface area contributed by atoms with E-state index in [4.69, 9.17) is 0 Å². The van der Waals surface area contributed by atoms with Gasteiger partial charge in [0.2, 0.25) is 0 Å². The number of hydrogen-bond acceptors (Lipinski definition) is 1. The Bertz CT molecular complexity index is 3170. The van der Waals surface area contributed by atoms with Crippen LogP contribution in [0, 0.1) is 92.7 Å². The topological polar surface area (TPSA) is 3.24 Å². The first-order valence-electron chi connectivity index (χ1n) is 30.3. The second-order valence-corrected chi connectivity index (χ2v) is 30.2. The minimum atomic E-state index is 0.477. The number of hydrogen-bond donors (Lipinski definition) is 0. The summed E-state index contributed by atoms with van der Waals surface area (Å²) in [7, 11) is 0. The minimum Gasteiger partial charge on any atom is -0.309 e. The van der Waals surface area contributed by atoms with Gasteiger partial charge in [0.1, 0.15) is 0 Å². The van der Waals surface area contributed by atoms with Crippen molar-refractivity contribution < 1.29 is 0 Å². The zero-order valence-electron chi connectivity index (χ0n) is 46.8. The molecule has 0 saturated heterocycles. The molecule has 0 radical (unpaired) electrons. The van der Waals surface area contributed by atoms with Gasteiger partial charge in [0.15, 0.2) is 13.4 Å². The monoisotopic (exact) mass is 962 g/mol. The van der Waals surface area contributed by atoms with Gasteiger partial charge in [0.25, 0.3) is 0 Å². The van der Waals surface area contributed by atoms with Crippen LogP contribution in [0.1, 0.15) is 134 Å². The average Bonchev–Trinajstić information content (AvgIpc) is 3.37. The summed E-state index contributed by atoms with van der Waals surface area (Å²) in [6, 6.07) is 42.2. The van der Waals surface area contributed by atoms with E-state index in [-0.39, 0.29) is 0 Å². The number of benzene rings is 6. The molecular weight excluding hydrogens is 876 g/mol. The quantitative estimate of drug-likeness (QED) is 0.114. The molecule has 19 rings (SSSR count). The van der Waals surface area contributed by atoms with Crippen molar-refractivity contribution in [1.29, 1.82) is 0 Å². The molecule has 6 aromatic carbocycles. The summed E-state index contributed by atoms with van der Waals surface area (Å²) < 4.78 is 0. The largest absolute Gasteiger partial charge is 0.309 e. The highest BCUT2D eigenvalue weighted by atomic mass is 15.2. The van der Waals surface area contributed by atoms with Crippen molar-refractivity contribution in [3.8, 4) is 11.1 Å². The lowest BCUT2D eigenvalue weighted by molar-refractivity contribution is -0.107. The fourth-order valence-corrected chi connectivity index (χ4v) is 22.1. The number of nitrogens with zero attached hydrogens (tertiary/aromatic N) is 1. The van der Waals surface area contributed by atoms with E-state index < -0.39 is 0 Å². The van der Waals surface area contributed by atoms with Crippen molar-refractivity contribution in [2.24, 2.45) is 92.7 Å². The Morgan fingerprint density at radius 3 is 1.33 bits per heavy atom. The highest BCUT2D eigenvalue weighted by Gasteiger charge is 2.65. The van der Waals surface area contributed by atoms with Gasteiger partial charge in [0, 0.05) is 16.6 Å². The third kappa shape index (κ3) is 6.02. The molecule has 376 valence electrons. The fraction of sp³-hybridized carbons (Fsp3) is 0.571. The third-order valence-corrected chi connectivity index (χ3v) is 27.1. The molecule has 73 heavy (non-hydrogen) atoms. The first kappa shape index (κ1) is 46.3. The molecule has 1 aliphatic heterocycles. The van der Waals surface area contributed by atoms with Gasteiger partial charge in [0.05, 0.1) is 11.4 Å². The van der Waals surface area contributed by atoms with E-state index in [2.05, 4.69) is 191 Å². The maximum atomic E-state index is 2.81. The summed E-state index contributed by atoms with van der Waals surface area (Å²) in [5, 5.41) is 8.77. The van der Waals surface area contributed by atoms with E-state index in [0.29, 0.717) is 35.1 Å². The van der Waals surface area contributed by atoms with Crippen LogP contribution < -0.4 is 15.8 Å². The first-order valence-corrected chi connectivity index (χ1v) is 30.3. The molecule has 3 heteroatoms. The Morgan fingerprint density at radius 2 is 0.836 bits per heavy atom. The second-order valence-electron chi connectivity index (χ2n) is 30.2. The molecule has 0 aromatic heterocycles. The molecule has 16 atom stereocenters. The highest BCUT2D eigenvalue weighted by Crippen LogP contribution is 2.72. The SMILES string of the molecule is CC1C(B(c2ccc3c(c2)N(c2ccccc2)c2cccc4c2c-3cc2c3ccccc3c(B(C3CC5CC(C3C)C5(C)C)C3CC5CC(C3C)C5(C)C)cc42)C2CC3CC(C2C)C3(C)C)CC2CC1C2(C)C. The standard InChI is InChI=1S/C70H85B2N/c1-38-55-27-42(67(55,5)6)31-59(38)71(60-32-43-28-56(39(60)2)68(43,7)8)46-25-26-50-54-36-52-48-21-16-17-22-49(48)63(37-53(52)51-23-18-24-64(66(51)54)73(65(50)35-46)47-19-14-13-15-20-47)72(61-33-44-29-57(40(61)3)69(44,9)10)62-34-45-30-58(41(62)4)70(45,11)12/h13-26,35-45,55-62H,27-34H2,1-12H3. The molecule has 8 bridgehead atoms. The van der Waals surface area contributed by atoms with Crippen molar-refractivity contribution in [3.05, 3.63) is 103 Å². The van der Waals surface area contributed by atoms with Gasteiger partial charge < -0.3 is 4.90 Å². The lowest BCUT2D eigenvalue weighted by Crippen LogP contribution is -2.62. The minimum absolute atomic E-state index is 0.477. The maximum Gasteiger partial charge on any atom is 0.183 e. The molecular formula is C70H85B2N. The van der Waals surface area contributed by atoms with E-state index in [1.807, 2.05) is 0 Å². The van der Waals surface area contributed by atoms with Crippen LogP contribution in [0.3, 0.4) is 0 Å². The van der Waals surface area contributed by atoms with E-state index in [1.165, 1.54) is 112 Å². The molecule has 1 heterocycles. The molecule has 12 fully saturated rings. The molecule has 12 saturated carbocycles. The molecule has 16 unspecified atom stereocenters. The Balaban J connectivity index is 0.927. The van der Waals surface area contributed by atoms with Crippen LogP contribution >= 0.6 is 0 Å². The molecule has 13 aliphatic rings. The van der Waals surface area contributed by atoms with Gasteiger partial charge >= 0.3 is 0 Å². The van der Waals surface area contributed by atoms with Crippen molar-refractivity contribution in [2.75, 3.05) is 4.90 Å². The normalized spacial score (nSPS) is 38.1. The molecule has 0 spiro atoms. The van der Waals surface area contributed by atoms with Crippen LogP contribution in [0.25, 0.3) is 43.4 Å². The predicted molar refractivity (Wildman–Crippen MR) is 315 cm³/mol. The van der Waals surface area contributed by atoms with E-state index in [0.717, 1.165) is 94.3 Å². The molecule has 0 amide bonds. The zero-order valence-corrected chi connectivity index (χ0v) is 46.8. The smallest absolute Gasteiger partial charge is 0.183 e. The summed E-state index contributed by atoms with van der Waals surface area (Å²) in [4.78, 5) is 2.70. The fourth-order valence-electron chi connectivity index (χ4n) is 22.1. The van der Waals surface area contributed by atoms with Crippen LogP contribution in [0.5, 0.6) is 0 Å². The zero-order chi connectivity index (χ0) is 50.2. The summed E-state index contributed by atoms with van der Waals surface area (Å²) in [6.07, 6.45) is 11.4. The lowest BCUT2D eigenvalue weighted by Gasteiger charge is -2.66. The summed E-state index contributed by atoms with van der Waals surface area (Å²) in [5.74, 6) is 12.7. The molecule has 6 aromatic rings. The van der Waals surface area contributed by atoms with Gasteiger partial charge in [-0.15, -0.1) is 0 Å². The van der Waals surface area contributed by atoms with Crippen molar-refractivity contribution in [3.63, 3.8) is 0 Å². The van der Waals surface area contributed by atoms with Crippen molar-refractivity contribution >= 4 is 73.7 Å². The number of anilines is 3.